The Kier molecular flexibility index (Phi) is 7.54. The van der Waals surface area contributed by atoms with Crippen LogP contribution in [0.3, 0.4) is 0 Å². The van der Waals surface area contributed by atoms with Crippen molar-refractivity contribution in [1.82, 2.24) is 15.5 Å². The largest absolute Gasteiger partial charge is 0.497 e. The highest BCUT2D eigenvalue weighted by atomic mass is 16.5. The summed E-state index contributed by atoms with van der Waals surface area (Å²) in [5.41, 5.74) is 1.22. The molecule has 1 aliphatic rings. The fourth-order valence-electron chi connectivity index (χ4n) is 3.80. The minimum absolute atomic E-state index is 0.509. The molecule has 1 heterocycles. The van der Waals surface area contributed by atoms with E-state index in [-0.39, 0.29) is 0 Å². The van der Waals surface area contributed by atoms with Gasteiger partial charge >= 0.3 is 0 Å². The normalized spacial score (nSPS) is 16.3. The van der Waals surface area contributed by atoms with Crippen LogP contribution in [0, 0.1) is 0 Å². The van der Waals surface area contributed by atoms with Gasteiger partial charge in [-0.3, -0.25) is 0 Å². The SMILES string of the molecule is CCCN1CCC(NC(=NCc2ccc3cc(OC)ccc3c2)NCC)CC1. The molecule has 2 aromatic carbocycles. The zero-order valence-electron chi connectivity index (χ0n) is 17.5. The number of guanidine groups is 1. The molecule has 0 amide bonds. The van der Waals surface area contributed by atoms with Gasteiger partial charge in [-0.15, -0.1) is 0 Å². The highest BCUT2D eigenvalue weighted by molar-refractivity contribution is 5.84. The van der Waals surface area contributed by atoms with Crippen molar-refractivity contribution < 1.29 is 4.74 Å². The summed E-state index contributed by atoms with van der Waals surface area (Å²) >= 11 is 0. The van der Waals surface area contributed by atoms with Crippen LogP contribution in [-0.4, -0.2) is 50.2 Å². The van der Waals surface area contributed by atoms with Crippen LogP contribution in [0.1, 0.15) is 38.7 Å². The van der Waals surface area contributed by atoms with E-state index in [2.05, 4.69) is 59.7 Å². The van der Waals surface area contributed by atoms with Crippen LogP contribution in [0.15, 0.2) is 41.4 Å². The van der Waals surface area contributed by atoms with Gasteiger partial charge < -0.3 is 20.3 Å². The highest BCUT2D eigenvalue weighted by Crippen LogP contribution is 2.22. The van der Waals surface area contributed by atoms with E-state index in [9.17, 15) is 0 Å². The summed E-state index contributed by atoms with van der Waals surface area (Å²) in [5.74, 6) is 1.81. The first-order valence-corrected chi connectivity index (χ1v) is 10.6. The zero-order chi connectivity index (χ0) is 19.8. The molecule has 2 N–H and O–H groups in total. The molecule has 5 nitrogen and oxygen atoms in total. The Bertz CT molecular complexity index is 781. The summed E-state index contributed by atoms with van der Waals surface area (Å²) < 4.78 is 5.31. The summed E-state index contributed by atoms with van der Waals surface area (Å²) in [7, 11) is 1.70. The number of rotatable bonds is 7. The van der Waals surface area contributed by atoms with Crippen LogP contribution in [0.2, 0.25) is 0 Å². The molecule has 0 spiro atoms. The Labute approximate surface area is 169 Å². The fourth-order valence-corrected chi connectivity index (χ4v) is 3.80. The molecule has 1 saturated heterocycles. The van der Waals surface area contributed by atoms with E-state index in [0.29, 0.717) is 12.6 Å². The van der Waals surface area contributed by atoms with Gasteiger partial charge in [-0.2, -0.15) is 0 Å². The maximum atomic E-state index is 5.31. The smallest absolute Gasteiger partial charge is 0.191 e. The van der Waals surface area contributed by atoms with Crippen LogP contribution in [0.5, 0.6) is 5.75 Å². The Morgan fingerprint density at radius 2 is 1.86 bits per heavy atom. The number of hydrogen-bond donors (Lipinski definition) is 2. The molecule has 28 heavy (non-hydrogen) atoms. The van der Waals surface area contributed by atoms with Crippen LogP contribution in [0.25, 0.3) is 10.8 Å². The first-order valence-electron chi connectivity index (χ1n) is 10.6. The first kappa shape index (κ1) is 20.5. The Morgan fingerprint density at radius 3 is 2.57 bits per heavy atom. The van der Waals surface area contributed by atoms with Gasteiger partial charge in [-0.1, -0.05) is 25.1 Å². The molecule has 0 atom stereocenters. The highest BCUT2D eigenvalue weighted by Gasteiger charge is 2.19. The number of nitrogens with zero attached hydrogens (tertiary/aromatic N) is 2. The van der Waals surface area contributed by atoms with Crippen LogP contribution in [0.4, 0.5) is 0 Å². The van der Waals surface area contributed by atoms with E-state index >= 15 is 0 Å². The van der Waals surface area contributed by atoms with E-state index in [1.54, 1.807) is 7.11 Å². The Hall–Kier alpha value is -2.27. The average molecular weight is 383 g/mol. The zero-order valence-corrected chi connectivity index (χ0v) is 17.5. The molecule has 0 unspecified atom stereocenters. The predicted molar refractivity (Wildman–Crippen MR) is 118 cm³/mol. The van der Waals surface area contributed by atoms with Crippen LogP contribution < -0.4 is 15.4 Å². The number of benzene rings is 2. The van der Waals surface area contributed by atoms with Gasteiger partial charge in [0, 0.05) is 25.7 Å². The number of nitrogens with one attached hydrogen (secondary N) is 2. The lowest BCUT2D eigenvalue weighted by Gasteiger charge is -2.32. The van der Waals surface area contributed by atoms with Crippen molar-refractivity contribution in [3.63, 3.8) is 0 Å². The minimum Gasteiger partial charge on any atom is -0.497 e. The maximum absolute atomic E-state index is 5.31. The third kappa shape index (κ3) is 5.61. The standard InChI is InChI=1S/C23H34N4O/c1-4-12-27-13-10-21(11-14-27)26-23(24-5-2)25-17-18-6-7-20-16-22(28-3)9-8-19(20)15-18/h6-9,15-16,21H,4-5,10-14,17H2,1-3H3,(H2,24,25,26). The third-order valence-corrected chi connectivity index (χ3v) is 5.34. The number of methoxy groups -OCH3 is 1. The Balaban J connectivity index is 1.61. The van der Waals surface area contributed by atoms with Crippen molar-refractivity contribution in [2.75, 3.05) is 33.3 Å². The molecular formula is C23H34N4O. The molecule has 0 aliphatic carbocycles. The number of piperidine rings is 1. The first-order chi connectivity index (χ1) is 13.7. The van der Waals surface area contributed by atoms with Crippen molar-refractivity contribution in [2.24, 2.45) is 4.99 Å². The molecule has 0 aromatic heterocycles. The quantitative estimate of drug-likeness (QED) is 0.565. The van der Waals surface area contributed by atoms with E-state index in [1.165, 1.54) is 55.2 Å². The maximum Gasteiger partial charge on any atom is 0.191 e. The molecule has 1 aliphatic heterocycles. The molecule has 3 rings (SSSR count). The molecule has 2 aromatic rings. The van der Waals surface area contributed by atoms with Crippen molar-refractivity contribution >= 4 is 16.7 Å². The fraction of sp³-hybridized carbons (Fsp3) is 0.522. The predicted octanol–water partition coefficient (Wildman–Crippen LogP) is 3.78. The van der Waals surface area contributed by atoms with Crippen molar-refractivity contribution in [3.05, 3.63) is 42.0 Å². The van der Waals surface area contributed by atoms with E-state index in [1.807, 2.05) is 6.07 Å². The number of hydrogen-bond acceptors (Lipinski definition) is 3. The van der Waals surface area contributed by atoms with Gasteiger partial charge in [0.05, 0.1) is 13.7 Å². The van der Waals surface area contributed by atoms with Crippen LogP contribution >= 0.6 is 0 Å². The number of fused-ring (bicyclic) bond motifs is 1. The summed E-state index contributed by atoms with van der Waals surface area (Å²) in [5, 5.41) is 9.44. The van der Waals surface area contributed by atoms with E-state index in [0.717, 1.165) is 18.3 Å². The second-order valence-electron chi connectivity index (χ2n) is 7.50. The van der Waals surface area contributed by atoms with Crippen molar-refractivity contribution in [3.8, 4) is 5.75 Å². The Morgan fingerprint density at radius 1 is 1.11 bits per heavy atom. The third-order valence-electron chi connectivity index (χ3n) is 5.34. The molecule has 0 bridgehead atoms. The van der Waals surface area contributed by atoms with Gasteiger partial charge in [0.1, 0.15) is 5.75 Å². The summed E-state index contributed by atoms with van der Waals surface area (Å²) in [4.78, 5) is 7.39. The van der Waals surface area contributed by atoms with Crippen molar-refractivity contribution in [2.45, 2.75) is 45.7 Å². The topological polar surface area (TPSA) is 48.9 Å². The van der Waals surface area contributed by atoms with Gasteiger partial charge in [0.2, 0.25) is 0 Å². The van der Waals surface area contributed by atoms with Gasteiger partial charge in [0.25, 0.3) is 0 Å². The minimum atomic E-state index is 0.509. The molecular weight excluding hydrogens is 348 g/mol. The van der Waals surface area contributed by atoms with Gasteiger partial charge in [0.15, 0.2) is 5.96 Å². The lowest BCUT2D eigenvalue weighted by Crippen LogP contribution is -2.48. The summed E-state index contributed by atoms with van der Waals surface area (Å²) in [6.45, 7) is 9.49. The summed E-state index contributed by atoms with van der Waals surface area (Å²) in [6, 6.07) is 13.2. The van der Waals surface area contributed by atoms with Gasteiger partial charge in [-0.25, -0.2) is 4.99 Å². The van der Waals surface area contributed by atoms with Crippen LogP contribution in [-0.2, 0) is 6.54 Å². The number of aliphatic imine (C=N–C) groups is 1. The molecule has 152 valence electrons. The second-order valence-corrected chi connectivity index (χ2v) is 7.50. The van der Waals surface area contributed by atoms with Crippen molar-refractivity contribution in [1.29, 1.82) is 0 Å². The number of likely N-dealkylation sites (tertiary alicyclic amines) is 1. The van der Waals surface area contributed by atoms with E-state index < -0.39 is 0 Å². The van der Waals surface area contributed by atoms with E-state index in [4.69, 9.17) is 9.73 Å². The lowest BCUT2D eigenvalue weighted by molar-refractivity contribution is 0.206. The second kappa shape index (κ2) is 10.3. The summed E-state index contributed by atoms with van der Waals surface area (Å²) in [6.07, 6.45) is 3.60. The average Bonchev–Trinajstić information content (AvgIpc) is 2.73. The molecule has 5 heteroatoms. The number of ether oxygens (including phenoxy) is 1. The van der Waals surface area contributed by atoms with Gasteiger partial charge in [-0.05, 0) is 67.3 Å². The molecule has 0 radical (unpaired) electrons. The lowest BCUT2D eigenvalue weighted by atomic mass is 10.1. The monoisotopic (exact) mass is 382 g/mol. The molecule has 0 saturated carbocycles. The molecule has 1 fully saturated rings.